The molecule has 1 unspecified atom stereocenters. The number of fused-ring (bicyclic) bond motifs is 1. The van der Waals surface area contributed by atoms with E-state index in [9.17, 15) is 9.59 Å². The predicted molar refractivity (Wildman–Crippen MR) is 91.1 cm³/mol. The fourth-order valence-corrected chi connectivity index (χ4v) is 2.75. The third-order valence-electron chi connectivity index (χ3n) is 4.40. The van der Waals surface area contributed by atoms with Crippen molar-refractivity contribution in [1.82, 2.24) is 0 Å². The molecule has 0 aliphatic heterocycles. The molecular weight excluding hydrogens is 306 g/mol. The molecule has 1 aromatic rings. The van der Waals surface area contributed by atoms with Crippen molar-refractivity contribution in [2.45, 2.75) is 53.0 Å². The molecule has 0 heterocycles. The van der Waals surface area contributed by atoms with Crippen LogP contribution < -0.4 is 14.8 Å². The molecule has 5 heteroatoms. The third-order valence-corrected chi connectivity index (χ3v) is 4.40. The Labute approximate surface area is 143 Å². The number of hydrogen-bond acceptors (Lipinski definition) is 4. The van der Waals surface area contributed by atoms with Crippen LogP contribution in [0.4, 0.5) is 0 Å². The van der Waals surface area contributed by atoms with Gasteiger partial charge < -0.3 is 14.8 Å². The van der Waals surface area contributed by atoms with E-state index < -0.39 is 0 Å². The molecule has 0 saturated carbocycles. The van der Waals surface area contributed by atoms with Crippen LogP contribution in [0.5, 0.6) is 11.5 Å². The standard InChI is InChI=1S/C19H27NO4/c1-11(2)18(21)23-16-9-6-13-10-14(20-5)7-8-15(13)17(16)24-19(22)12(3)4/h6,9,11-12,14,20H,7-8,10H2,1-5H3/p+1. The van der Waals surface area contributed by atoms with Crippen molar-refractivity contribution in [3.8, 4) is 11.5 Å². The number of hydrogen-bond donors (Lipinski definition) is 1. The van der Waals surface area contributed by atoms with E-state index in [1.54, 1.807) is 33.8 Å². The quantitative estimate of drug-likeness (QED) is 0.659. The number of quaternary nitrogens is 1. The van der Waals surface area contributed by atoms with Crippen molar-refractivity contribution in [1.29, 1.82) is 0 Å². The van der Waals surface area contributed by atoms with Crippen LogP contribution in [-0.2, 0) is 22.4 Å². The summed E-state index contributed by atoms with van der Waals surface area (Å²) in [6, 6.07) is 4.27. The van der Waals surface area contributed by atoms with Crippen molar-refractivity contribution in [3.05, 3.63) is 23.3 Å². The molecule has 24 heavy (non-hydrogen) atoms. The van der Waals surface area contributed by atoms with Crippen molar-refractivity contribution >= 4 is 11.9 Å². The number of carbonyl (C=O) groups is 2. The van der Waals surface area contributed by atoms with Crippen LogP contribution in [0.2, 0.25) is 0 Å². The van der Waals surface area contributed by atoms with Crippen LogP contribution in [0.25, 0.3) is 0 Å². The van der Waals surface area contributed by atoms with E-state index in [2.05, 4.69) is 12.4 Å². The van der Waals surface area contributed by atoms with Gasteiger partial charge in [-0.3, -0.25) is 9.59 Å². The molecule has 2 N–H and O–H groups in total. The van der Waals surface area contributed by atoms with E-state index in [1.807, 2.05) is 6.07 Å². The summed E-state index contributed by atoms with van der Waals surface area (Å²) >= 11 is 0. The fourth-order valence-electron chi connectivity index (χ4n) is 2.75. The Hall–Kier alpha value is -1.88. The second-order valence-corrected chi connectivity index (χ2v) is 7.02. The SMILES string of the molecule is C[NH2+]C1CCc2c(ccc(OC(=O)C(C)C)c2OC(=O)C(C)C)C1. The molecule has 2 rings (SSSR count). The van der Waals surface area contributed by atoms with Crippen LogP contribution in [0.15, 0.2) is 12.1 Å². The lowest BCUT2D eigenvalue weighted by atomic mass is 9.87. The van der Waals surface area contributed by atoms with Crippen molar-refractivity contribution in [2.75, 3.05) is 7.05 Å². The smallest absolute Gasteiger partial charge is 0.313 e. The molecule has 0 aromatic heterocycles. The summed E-state index contributed by atoms with van der Waals surface area (Å²) in [4.78, 5) is 24.1. The molecule has 0 spiro atoms. The van der Waals surface area contributed by atoms with Crippen LogP contribution in [0.1, 0.15) is 45.2 Å². The average molecular weight is 334 g/mol. The highest BCUT2D eigenvalue weighted by atomic mass is 16.6. The number of likely N-dealkylation sites (N-methyl/N-ethyl adjacent to an activating group) is 1. The molecule has 1 atom stereocenters. The molecule has 0 radical (unpaired) electrons. The van der Waals surface area contributed by atoms with Gasteiger partial charge in [-0.05, 0) is 18.1 Å². The highest BCUT2D eigenvalue weighted by molar-refractivity contribution is 5.79. The van der Waals surface area contributed by atoms with Gasteiger partial charge in [0.1, 0.15) is 0 Å². The van der Waals surface area contributed by atoms with Crippen LogP contribution in [0, 0.1) is 11.8 Å². The van der Waals surface area contributed by atoms with Gasteiger partial charge in [-0.1, -0.05) is 33.8 Å². The molecule has 5 nitrogen and oxygen atoms in total. The first kappa shape index (κ1) is 18.5. The first-order valence-electron chi connectivity index (χ1n) is 8.71. The lowest BCUT2D eigenvalue weighted by molar-refractivity contribution is -0.664. The molecule has 0 saturated heterocycles. The van der Waals surface area contributed by atoms with Crippen LogP contribution >= 0.6 is 0 Å². The summed E-state index contributed by atoms with van der Waals surface area (Å²) in [6.07, 6.45) is 2.76. The normalized spacial score (nSPS) is 16.9. The Morgan fingerprint density at radius 1 is 1.08 bits per heavy atom. The Bertz CT molecular complexity index is 622. The van der Waals surface area contributed by atoms with E-state index in [0.717, 1.165) is 24.8 Å². The van der Waals surface area contributed by atoms with Gasteiger partial charge in [-0.25, -0.2) is 0 Å². The average Bonchev–Trinajstić information content (AvgIpc) is 2.55. The summed E-state index contributed by atoms with van der Waals surface area (Å²) < 4.78 is 11.1. The molecule has 1 aliphatic rings. The number of benzene rings is 1. The maximum Gasteiger partial charge on any atom is 0.313 e. The van der Waals surface area contributed by atoms with Gasteiger partial charge in [-0.2, -0.15) is 0 Å². The Morgan fingerprint density at radius 2 is 1.71 bits per heavy atom. The van der Waals surface area contributed by atoms with E-state index in [1.165, 1.54) is 5.56 Å². The minimum atomic E-state index is -0.327. The first-order chi connectivity index (χ1) is 11.3. The lowest BCUT2D eigenvalue weighted by Gasteiger charge is -2.25. The molecule has 132 valence electrons. The van der Waals surface area contributed by atoms with Gasteiger partial charge in [-0.15, -0.1) is 0 Å². The van der Waals surface area contributed by atoms with Crippen molar-refractivity contribution in [3.63, 3.8) is 0 Å². The van der Waals surface area contributed by atoms with Gasteiger partial charge in [0.15, 0.2) is 11.5 Å². The van der Waals surface area contributed by atoms with Gasteiger partial charge in [0.25, 0.3) is 0 Å². The van der Waals surface area contributed by atoms with Gasteiger partial charge >= 0.3 is 11.9 Å². The molecule has 1 aliphatic carbocycles. The topological polar surface area (TPSA) is 69.2 Å². The van der Waals surface area contributed by atoms with Crippen LogP contribution in [0.3, 0.4) is 0 Å². The van der Waals surface area contributed by atoms with Gasteiger partial charge in [0.05, 0.1) is 24.9 Å². The summed E-state index contributed by atoms with van der Waals surface area (Å²) in [7, 11) is 2.08. The zero-order valence-corrected chi connectivity index (χ0v) is 15.2. The Kier molecular flexibility index (Phi) is 5.99. The van der Waals surface area contributed by atoms with E-state index >= 15 is 0 Å². The Morgan fingerprint density at radius 3 is 2.29 bits per heavy atom. The van der Waals surface area contributed by atoms with E-state index in [4.69, 9.17) is 9.47 Å². The molecule has 1 aromatic carbocycles. The molecule has 0 fully saturated rings. The van der Waals surface area contributed by atoms with Crippen molar-refractivity contribution < 1.29 is 24.4 Å². The molecule has 0 bridgehead atoms. The Balaban J connectivity index is 2.40. The maximum absolute atomic E-state index is 12.1. The van der Waals surface area contributed by atoms with Crippen LogP contribution in [-0.4, -0.2) is 25.0 Å². The van der Waals surface area contributed by atoms with E-state index in [0.29, 0.717) is 17.5 Å². The van der Waals surface area contributed by atoms with E-state index in [-0.39, 0.29) is 23.8 Å². The third kappa shape index (κ3) is 4.15. The molecule has 0 amide bonds. The number of esters is 2. The highest BCUT2D eigenvalue weighted by Crippen LogP contribution is 2.38. The first-order valence-corrected chi connectivity index (χ1v) is 8.71. The monoisotopic (exact) mass is 334 g/mol. The summed E-state index contributed by atoms with van der Waals surface area (Å²) in [5.41, 5.74) is 2.16. The number of carbonyl (C=O) groups excluding carboxylic acids is 2. The zero-order chi connectivity index (χ0) is 17.9. The second kappa shape index (κ2) is 7.79. The lowest BCUT2D eigenvalue weighted by Crippen LogP contribution is -2.87. The molecular formula is C19H28NO4+. The summed E-state index contributed by atoms with van der Waals surface area (Å²) in [6.45, 7) is 7.14. The minimum Gasteiger partial charge on any atom is -0.422 e. The minimum absolute atomic E-state index is 0.241. The van der Waals surface area contributed by atoms with Gasteiger partial charge in [0.2, 0.25) is 0 Å². The van der Waals surface area contributed by atoms with Crippen molar-refractivity contribution in [2.24, 2.45) is 11.8 Å². The predicted octanol–water partition coefficient (Wildman–Crippen LogP) is 1.86. The number of ether oxygens (including phenoxy) is 2. The fraction of sp³-hybridized carbons (Fsp3) is 0.579. The largest absolute Gasteiger partial charge is 0.422 e. The second-order valence-electron chi connectivity index (χ2n) is 7.02. The zero-order valence-electron chi connectivity index (χ0n) is 15.2. The summed E-state index contributed by atoms with van der Waals surface area (Å²) in [5, 5.41) is 2.22. The summed E-state index contributed by atoms with van der Waals surface area (Å²) in [5.74, 6) is -0.347. The number of rotatable bonds is 5. The highest BCUT2D eigenvalue weighted by Gasteiger charge is 2.27. The van der Waals surface area contributed by atoms with Gasteiger partial charge in [0, 0.05) is 18.4 Å². The maximum atomic E-state index is 12.1. The number of nitrogens with two attached hydrogens (primary N) is 1.